The monoisotopic (exact) mass is 562 g/mol. The normalized spacial score (nSPS) is 13.9. The Balaban J connectivity index is 2.23. The number of aryl methyl sites for hydroxylation is 1. The topological polar surface area (TPSA) is 95.5 Å². The largest absolute Gasteiger partial charge is 0.481 e. The lowest BCUT2D eigenvalue weighted by molar-refractivity contribution is -0.143. The van der Waals surface area contributed by atoms with Gasteiger partial charge in [-0.05, 0) is 66.0 Å². The summed E-state index contributed by atoms with van der Waals surface area (Å²) < 4.78 is 0. The van der Waals surface area contributed by atoms with Crippen LogP contribution in [0.3, 0.4) is 0 Å². The summed E-state index contributed by atoms with van der Waals surface area (Å²) in [7, 11) is 1.54. The first kappa shape index (κ1) is 31.6. The summed E-state index contributed by atoms with van der Waals surface area (Å²) in [4.78, 5) is 38.0. The van der Waals surface area contributed by atoms with Crippen LogP contribution in [0.25, 0.3) is 11.1 Å². The van der Waals surface area contributed by atoms with Gasteiger partial charge in [-0.3, -0.25) is 14.4 Å². The predicted octanol–water partition coefficient (Wildman–Crippen LogP) is 6.77. The lowest BCUT2D eigenvalue weighted by atomic mass is 9.83. The molecule has 0 heterocycles. The van der Waals surface area contributed by atoms with Crippen molar-refractivity contribution in [1.29, 1.82) is 0 Å². The number of halogens is 2. The molecule has 0 aliphatic rings. The van der Waals surface area contributed by atoms with Gasteiger partial charge in [-0.25, -0.2) is 0 Å². The second kappa shape index (κ2) is 14.5. The van der Waals surface area contributed by atoms with E-state index in [1.165, 1.54) is 7.05 Å². The molecule has 0 unspecified atom stereocenters. The first-order chi connectivity index (χ1) is 17.8. The van der Waals surface area contributed by atoms with Crippen molar-refractivity contribution in [3.8, 4) is 11.1 Å². The van der Waals surface area contributed by atoms with Crippen molar-refractivity contribution in [3.05, 3.63) is 58.1 Å². The zero-order chi connectivity index (χ0) is 28.5. The van der Waals surface area contributed by atoms with Crippen LogP contribution in [0.1, 0.15) is 65.4 Å². The molecular weight excluding hydrogens is 523 g/mol. The summed E-state index contributed by atoms with van der Waals surface area (Å²) in [5.41, 5.74) is 2.40. The highest BCUT2D eigenvalue weighted by Crippen LogP contribution is 2.29. The number of nitrogens with one attached hydrogen (secondary N) is 2. The Morgan fingerprint density at radius 1 is 0.895 bits per heavy atom. The molecule has 2 rings (SSSR count). The van der Waals surface area contributed by atoms with Gasteiger partial charge in [0.25, 0.3) is 0 Å². The summed E-state index contributed by atoms with van der Waals surface area (Å²) in [6.07, 6.45) is 3.47. The Morgan fingerprint density at radius 3 is 2.00 bits per heavy atom. The van der Waals surface area contributed by atoms with Gasteiger partial charge in [-0.2, -0.15) is 0 Å². The van der Waals surface area contributed by atoms with Crippen molar-refractivity contribution in [1.82, 2.24) is 10.6 Å². The van der Waals surface area contributed by atoms with Crippen LogP contribution in [0.15, 0.2) is 42.5 Å². The number of aliphatic carboxylic acids is 1. The molecule has 0 radical (unpaired) electrons. The van der Waals surface area contributed by atoms with Crippen LogP contribution in [0.4, 0.5) is 0 Å². The van der Waals surface area contributed by atoms with Crippen molar-refractivity contribution >= 4 is 41.0 Å². The fourth-order valence-electron chi connectivity index (χ4n) is 4.50. The number of rotatable bonds is 13. The molecule has 38 heavy (non-hydrogen) atoms. The summed E-state index contributed by atoms with van der Waals surface area (Å²) in [6, 6.07) is 12.6. The third-order valence-corrected chi connectivity index (χ3v) is 7.22. The van der Waals surface area contributed by atoms with Gasteiger partial charge in [-0.1, -0.05) is 88.0 Å². The third-order valence-electron chi connectivity index (χ3n) is 6.79. The first-order valence-corrected chi connectivity index (χ1v) is 13.9. The van der Waals surface area contributed by atoms with Crippen LogP contribution < -0.4 is 10.6 Å². The Hall–Kier alpha value is -2.57. The maximum Gasteiger partial charge on any atom is 0.306 e. The van der Waals surface area contributed by atoms with E-state index in [-0.39, 0.29) is 18.2 Å². The Morgan fingerprint density at radius 2 is 1.50 bits per heavy atom. The van der Waals surface area contributed by atoms with Gasteiger partial charge in [-0.15, -0.1) is 0 Å². The average Bonchev–Trinajstić information content (AvgIpc) is 2.85. The van der Waals surface area contributed by atoms with Crippen LogP contribution in [-0.4, -0.2) is 36.0 Å². The van der Waals surface area contributed by atoms with Crippen LogP contribution in [0, 0.1) is 17.3 Å². The Bertz CT molecular complexity index is 1080. The van der Waals surface area contributed by atoms with Crippen LogP contribution >= 0.6 is 23.2 Å². The van der Waals surface area contributed by atoms with Crippen molar-refractivity contribution in [2.75, 3.05) is 7.05 Å². The van der Waals surface area contributed by atoms with Gasteiger partial charge >= 0.3 is 5.97 Å². The number of unbranched alkanes of at least 4 members (excludes halogenated alkanes) is 1. The molecule has 0 fully saturated rings. The van der Waals surface area contributed by atoms with Crippen molar-refractivity contribution in [3.63, 3.8) is 0 Å². The van der Waals surface area contributed by atoms with Crippen LogP contribution in [0.2, 0.25) is 10.0 Å². The van der Waals surface area contributed by atoms with Crippen molar-refractivity contribution < 1.29 is 19.5 Å². The number of carboxylic acids is 1. The highest BCUT2D eigenvalue weighted by Gasteiger charge is 2.35. The smallest absolute Gasteiger partial charge is 0.306 e. The molecule has 3 N–H and O–H groups in total. The lowest BCUT2D eigenvalue weighted by Gasteiger charge is -2.31. The molecule has 0 spiro atoms. The van der Waals surface area contributed by atoms with E-state index in [1.807, 2.05) is 64.1 Å². The number of carbonyl (C=O) groups is 3. The van der Waals surface area contributed by atoms with E-state index in [9.17, 15) is 19.5 Å². The minimum Gasteiger partial charge on any atom is -0.481 e. The minimum atomic E-state index is -0.889. The van der Waals surface area contributed by atoms with Crippen molar-refractivity contribution in [2.24, 2.45) is 17.3 Å². The zero-order valence-electron chi connectivity index (χ0n) is 22.9. The molecule has 0 aliphatic heterocycles. The highest BCUT2D eigenvalue weighted by atomic mass is 35.5. The molecule has 2 amide bonds. The fraction of sp³-hybridized carbons (Fsp3) is 0.500. The van der Waals surface area contributed by atoms with Crippen LogP contribution in [0.5, 0.6) is 0 Å². The maximum atomic E-state index is 13.5. The molecule has 0 saturated carbocycles. The molecule has 6 nitrogen and oxygen atoms in total. The standard InChI is InChI=1S/C30H40Cl2N2O4/c1-6-7-8-22(29(37)38)15-21(27(35)34-26(28(36)33-5)30(2,3)4)14-11-19-9-12-20(13-10-19)23-16-24(31)18-25(32)17-23/h9-10,12-13,16-18,21-22,26H,6-8,11,14-15H2,1-5H3,(H,33,36)(H,34,35)(H,37,38)/t21-,22+,26-/m1/s1. The van der Waals surface area contributed by atoms with E-state index >= 15 is 0 Å². The molecule has 0 bridgehead atoms. The molecule has 2 aromatic rings. The molecule has 0 aliphatic carbocycles. The summed E-state index contributed by atoms with van der Waals surface area (Å²) in [5.74, 6) is -2.62. The predicted molar refractivity (Wildman–Crippen MR) is 154 cm³/mol. The molecule has 0 aromatic heterocycles. The van der Waals surface area contributed by atoms with Gasteiger partial charge in [0.2, 0.25) is 11.8 Å². The van der Waals surface area contributed by atoms with Gasteiger partial charge in [0.1, 0.15) is 6.04 Å². The second-order valence-corrected chi connectivity index (χ2v) is 11.8. The van der Waals surface area contributed by atoms with E-state index in [0.717, 1.165) is 29.5 Å². The molecule has 8 heteroatoms. The SMILES string of the molecule is CCCC[C@@H](C[C@@H](CCc1ccc(-c2cc(Cl)cc(Cl)c2)cc1)C(=O)N[C@H](C(=O)NC)C(C)(C)C)C(=O)O. The third kappa shape index (κ3) is 9.63. The maximum absolute atomic E-state index is 13.5. The number of likely N-dealkylation sites (N-methyl/N-ethyl adjacent to an activating group) is 1. The summed E-state index contributed by atoms with van der Waals surface area (Å²) in [5, 5.41) is 16.5. The number of carbonyl (C=O) groups excluding carboxylic acids is 2. The first-order valence-electron chi connectivity index (χ1n) is 13.2. The van der Waals surface area contributed by atoms with E-state index < -0.39 is 29.3 Å². The number of carboxylic acid groups (broad SMARTS) is 1. The summed E-state index contributed by atoms with van der Waals surface area (Å²) >= 11 is 12.3. The van der Waals surface area contributed by atoms with Crippen LogP contribution in [-0.2, 0) is 20.8 Å². The molecule has 208 valence electrons. The molecule has 2 aromatic carbocycles. The average molecular weight is 564 g/mol. The van der Waals surface area contributed by atoms with E-state index in [1.54, 1.807) is 6.07 Å². The molecular formula is C30H40Cl2N2O4. The second-order valence-electron chi connectivity index (χ2n) is 10.9. The van der Waals surface area contributed by atoms with E-state index in [4.69, 9.17) is 23.2 Å². The number of hydrogen-bond donors (Lipinski definition) is 3. The molecule has 3 atom stereocenters. The van der Waals surface area contributed by atoms with Gasteiger partial charge in [0, 0.05) is 23.0 Å². The fourth-order valence-corrected chi connectivity index (χ4v) is 5.02. The highest BCUT2D eigenvalue weighted by molar-refractivity contribution is 6.35. The van der Waals surface area contributed by atoms with Crippen molar-refractivity contribution in [2.45, 2.75) is 72.3 Å². The van der Waals surface area contributed by atoms with Gasteiger partial charge < -0.3 is 15.7 Å². The van der Waals surface area contributed by atoms with E-state index in [0.29, 0.717) is 29.3 Å². The quantitative estimate of drug-likeness (QED) is 0.251. The zero-order valence-corrected chi connectivity index (χ0v) is 24.5. The lowest BCUT2D eigenvalue weighted by Crippen LogP contribution is -2.54. The summed E-state index contributed by atoms with van der Waals surface area (Å²) in [6.45, 7) is 7.68. The van der Waals surface area contributed by atoms with Gasteiger partial charge in [0.05, 0.1) is 5.92 Å². The number of hydrogen-bond acceptors (Lipinski definition) is 3. The Labute approximate surface area is 236 Å². The Kier molecular flexibility index (Phi) is 12.1. The number of benzene rings is 2. The number of amides is 2. The van der Waals surface area contributed by atoms with E-state index in [2.05, 4.69) is 10.6 Å². The minimum absolute atomic E-state index is 0.227. The molecule has 0 saturated heterocycles. The van der Waals surface area contributed by atoms with Gasteiger partial charge in [0.15, 0.2) is 0 Å².